The van der Waals surface area contributed by atoms with Crippen LogP contribution in [0.4, 0.5) is 0 Å². The van der Waals surface area contributed by atoms with Gasteiger partial charge in [-0.3, -0.25) is 11.3 Å². The molecule has 0 aromatic rings. The van der Waals surface area contributed by atoms with Crippen molar-refractivity contribution in [1.29, 1.82) is 0 Å². The van der Waals surface area contributed by atoms with E-state index >= 15 is 0 Å². The first-order valence-electron chi connectivity index (χ1n) is 6.33. The van der Waals surface area contributed by atoms with Crippen molar-refractivity contribution in [2.45, 2.75) is 56.2 Å². The number of hydrogen-bond donors (Lipinski definition) is 2. The van der Waals surface area contributed by atoms with Crippen LogP contribution in [-0.4, -0.2) is 25.5 Å². The highest BCUT2D eigenvalue weighted by molar-refractivity contribution is 7.92. The van der Waals surface area contributed by atoms with Crippen LogP contribution in [-0.2, 0) is 9.84 Å². The lowest BCUT2D eigenvalue weighted by molar-refractivity contribution is 0.330. The molecule has 1 saturated carbocycles. The monoisotopic (exact) mass is 246 g/mol. The van der Waals surface area contributed by atoms with Crippen LogP contribution in [0, 0.1) is 5.92 Å². The Bertz CT molecular complexity index is 323. The SMILES string of the molecule is NNC(C1CCCC1)C1CCCCS1(=O)=O. The summed E-state index contributed by atoms with van der Waals surface area (Å²) in [5, 5.41) is -0.241. The van der Waals surface area contributed by atoms with Crippen LogP contribution >= 0.6 is 0 Å². The van der Waals surface area contributed by atoms with Crippen LogP contribution in [0.2, 0.25) is 0 Å². The molecule has 5 heteroatoms. The molecule has 0 radical (unpaired) electrons. The Hall–Kier alpha value is -0.130. The van der Waals surface area contributed by atoms with Gasteiger partial charge in [-0.2, -0.15) is 0 Å². The molecule has 3 N–H and O–H groups in total. The van der Waals surface area contributed by atoms with E-state index in [9.17, 15) is 8.42 Å². The molecule has 1 heterocycles. The predicted octanol–water partition coefficient (Wildman–Crippen LogP) is 0.976. The standard InChI is InChI=1S/C11H22N2O2S/c12-13-11(9-5-1-2-6-9)10-7-3-4-8-16(10,14)15/h9-11,13H,1-8,12H2. The largest absolute Gasteiger partial charge is 0.271 e. The molecule has 2 unspecified atom stereocenters. The van der Waals surface area contributed by atoms with Crippen LogP contribution in [0.3, 0.4) is 0 Å². The summed E-state index contributed by atoms with van der Waals surface area (Å²) in [6, 6.07) is -0.0206. The first-order valence-corrected chi connectivity index (χ1v) is 8.04. The summed E-state index contributed by atoms with van der Waals surface area (Å²) in [5.41, 5.74) is 2.79. The number of hydrogen-bond acceptors (Lipinski definition) is 4. The Morgan fingerprint density at radius 2 is 1.69 bits per heavy atom. The second-order valence-corrected chi connectivity index (χ2v) is 7.48. The van der Waals surface area contributed by atoms with Gasteiger partial charge in [0.2, 0.25) is 0 Å². The molecular formula is C11H22N2O2S. The number of hydrazine groups is 1. The van der Waals surface area contributed by atoms with E-state index in [2.05, 4.69) is 5.43 Å². The number of nitrogens with one attached hydrogen (secondary N) is 1. The molecule has 94 valence electrons. The molecule has 1 aliphatic heterocycles. The molecular weight excluding hydrogens is 224 g/mol. The summed E-state index contributed by atoms with van der Waals surface area (Å²) >= 11 is 0. The summed E-state index contributed by atoms with van der Waals surface area (Å²) < 4.78 is 24.1. The van der Waals surface area contributed by atoms with E-state index in [0.717, 1.165) is 32.1 Å². The van der Waals surface area contributed by atoms with Crippen molar-refractivity contribution in [1.82, 2.24) is 5.43 Å². The second kappa shape index (κ2) is 5.02. The minimum Gasteiger partial charge on any atom is -0.271 e. The number of rotatable bonds is 3. The van der Waals surface area contributed by atoms with Gasteiger partial charge in [0, 0.05) is 6.04 Å². The van der Waals surface area contributed by atoms with Crippen LogP contribution < -0.4 is 11.3 Å². The minimum atomic E-state index is -2.91. The Morgan fingerprint density at radius 1 is 1.06 bits per heavy atom. The maximum atomic E-state index is 12.0. The van der Waals surface area contributed by atoms with Crippen molar-refractivity contribution in [2.24, 2.45) is 11.8 Å². The number of sulfone groups is 1. The zero-order valence-electron chi connectivity index (χ0n) is 9.69. The number of nitrogens with two attached hydrogens (primary N) is 1. The third-order valence-corrected chi connectivity index (χ3v) is 6.44. The van der Waals surface area contributed by atoms with E-state index in [1.165, 1.54) is 12.8 Å². The fraction of sp³-hybridized carbons (Fsp3) is 1.00. The first kappa shape index (κ1) is 12.3. The zero-order chi connectivity index (χ0) is 11.6. The van der Waals surface area contributed by atoms with E-state index in [1.54, 1.807) is 0 Å². The molecule has 16 heavy (non-hydrogen) atoms. The average Bonchev–Trinajstić information content (AvgIpc) is 2.75. The summed E-state index contributed by atoms with van der Waals surface area (Å²) in [6.07, 6.45) is 7.32. The molecule has 2 aliphatic rings. The summed E-state index contributed by atoms with van der Waals surface area (Å²) in [6.45, 7) is 0. The topological polar surface area (TPSA) is 72.2 Å². The van der Waals surface area contributed by atoms with Crippen molar-refractivity contribution in [2.75, 3.05) is 5.75 Å². The van der Waals surface area contributed by atoms with Gasteiger partial charge in [-0.25, -0.2) is 8.42 Å². The Balaban J connectivity index is 2.12. The van der Waals surface area contributed by atoms with E-state index in [4.69, 9.17) is 5.84 Å². The van der Waals surface area contributed by atoms with Crippen molar-refractivity contribution in [3.63, 3.8) is 0 Å². The van der Waals surface area contributed by atoms with Gasteiger partial charge >= 0.3 is 0 Å². The van der Waals surface area contributed by atoms with E-state index in [-0.39, 0.29) is 11.3 Å². The van der Waals surface area contributed by atoms with Crippen LogP contribution in [0.15, 0.2) is 0 Å². The normalized spacial score (nSPS) is 32.7. The van der Waals surface area contributed by atoms with Crippen molar-refractivity contribution in [3.8, 4) is 0 Å². The minimum absolute atomic E-state index is 0.0206. The second-order valence-electron chi connectivity index (χ2n) is 5.14. The Kier molecular flexibility index (Phi) is 3.87. The maximum absolute atomic E-state index is 12.0. The van der Waals surface area contributed by atoms with Gasteiger partial charge in [0.25, 0.3) is 0 Å². The van der Waals surface area contributed by atoms with Crippen LogP contribution in [0.1, 0.15) is 44.9 Å². The maximum Gasteiger partial charge on any atom is 0.154 e. The van der Waals surface area contributed by atoms with Crippen LogP contribution in [0.5, 0.6) is 0 Å². The van der Waals surface area contributed by atoms with Gasteiger partial charge in [0.05, 0.1) is 11.0 Å². The molecule has 2 atom stereocenters. The molecule has 1 aliphatic carbocycles. The summed E-state index contributed by atoms with van der Waals surface area (Å²) in [7, 11) is -2.91. The highest BCUT2D eigenvalue weighted by Crippen LogP contribution is 2.33. The predicted molar refractivity (Wildman–Crippen MR) is 64.5 cm³/mol. The highest BCUT2D eigenvalue weighted by Gasteiger charge is 2.39. The lowest BCUT2D eigenvalue weighted by atomic mass is 9.93. The molecule has 2 fully saturated rings. The Labute approximate surface area is 97.9 Å². The quantitative estimate of drug-likeness (QED) is 0.575. The molecule has 4 nitrogen and oxygen atoms in total. The molecule has 0 aromatic carbocycles. The molecule has 2 rings (SSSR count). The lowest BCUT2D eigenvalue weighted by Gasteiger charge is -2.33. The van der Waals surface area contributed by atoms with Gasteiger partial charge in [-0.15, -0.1) is 0 Å². The fourth-order valence-corrected chi connectivity index (χ4v) is 5.43. The smallest absolute Gasteiger partial charge is 0.154 e. The fourth-order valence-electron chi connectivity index (χ4n) is 3.25. The van der Waals surface area contributed by atoms with E-state index in [1.807, 2.05) is 0 Å². The zero-order valence-corrected chi connectivity index (χ0v) is 10.5. The Morgan fingerprint density at radius 3 is 2.25 bits per heavy atom. The third-order valence-electron chi connectivity index (χ3n) is 4.13. The van der Waals surface area contributed by atoms with Crippen molar-refractivity contribution in [3.05, 3.63) is 0 Å². The summed E-state index contributed by atoms with van der Waals surface area (Å²) in [5.74, 6) is 6.40. The van der Waals surface area contributed by atoms with Gasteiger partial charge in [-0.1, -0.05) is 19.3 Å². The van der Waals surface area contributed by atoms with Gasteiger partial charge < -0.3 is 0 Å². The van der Waals surface area contributed by atoms with Gasteiger partial charge in [0.1, 0.15) is 0 Å². The third kappa shape index (κ3) is 2.41. The van der Waals surface area contributed by atoms with E-state index in [0.29, 0.717) is 11.7 Å². The van der Waals surface area contributed by atoms with Gasteiger partial charge in [-0.05, 0) is 31.6 Å². The lowest BCUT2D eigenvalue weighted by Crippen LogP contribution is -2.52. The van der Waals surface area contributed by atoms with Crippen LogP contribution in [0.25, 0.3) is 0 Å². The van der Waals surface area contributed by atoms with Crippen molar-refractivity contribution < 1.29 is 8.42 Å². The molecule has 0 amide bonds. The molecule has 0 bridgehead atoms. The molecule has 0 aromatic heterocycles. The highest BCUT2D eigenvalue weighted by atomic mass is 32.2. The first-order chi connectivity index (χ1) is 7.65. The summed E-state index contributed by atoms with van der Waals surface area (Å²) in [4.78, 5) is 0. The van der Waals surface area contributed by atoms with Gasteiger partial charge in [0.15, 0.2) is 9.84 Å². The molecule has 1 saturated heterocycles. The average molecular weight is 246 g/mol. The van der Waals surface area contributed by atoms with Crippen molar-refractivity contribution >= 4 is 9.84 Å². The van der Waals surface area contributed by atoms with E-state index < -0.39 is 9.84 Å². The molecule has 0 spiro atoms.